The van der Waals surface area contributed by atoms with E-state index >= 15 is 0 Å². The minimum atomic E-state index is -4.00. The number of ketones is 1. The number of nitro groups is 1. The van der Waals surface area contributed by atoms with E-state index in [2.05, 4.69) is 0 Å². The molecule has 0 aromatic heterocycles. The predicted octanol–water partition coefficient (Wildman–Crippen LogP) is 2.94. The van der Waals surface area contributed by atoms with Crippen molar-refractivity contribution < 1.29 is 18.1 Å². The summed E-state index contributed by atoms with van der Waals surface area (Å²) >= 11 is 0. The van der Waals surface area contributed by atoms with Gasteiger partial charge in [0, 0.05) is 24.2 Å². The molecule has 0 spiro atoms. The minimum Gasteiger partial charge on any atom is -0.292 e. The monoisotopic (exact) mass is 374 g/mol. The van der Waals surface area contributed by atoms with E-state index in [1.54, 1.807) is 12.1 Å². The number of Topliss-reactive ketones (excluding diaryl/α,β-unsaturated/α-hetero) is 1. The zero-order valence-corrected chi connectivity index (χ0v) is 15.0. The van der Waals surface area contributed by atoms with Gasteiger partial charge in [0.25, 0.3) is 5.69 Å². The fourth-order valence-corrected chi connectivity index (χ4v) is 4.79. The van der Waals surface area contributed by atoms with Gasteiger partial charge in [-0.1, -0.05) is 35.9 Å². The number of benzene rings is 2. The number of hydrogen-bond donors (Lipinski definition) is 0. The summed E-state index contributed by atoms with van der Waals surface area (Å²) in [5.74, 6) is -0.253. The van der Waals surface area contributed by atoms with Crippen molar-refractivity contribution in [2.24, 2.45) is 0 Å². The van der Waals surface area contributed by atoms with Gasteiger partial charge >= 0.3 is 0 Å². The van der Waals surface area contributed by atoms with Crippen molar-refractivity contribution in [2.45, 2.75) is 30.7 Å². The van der Waals surface area contributed by atoms with Crippen molar-refractivity contribution in [1.29, 1.82) is 0 Å². The first-order valence-electron chi connectivity index (χ1n) is 8.18. The molecule has 3 rings (SSSR count). The van der Waals surface area contributed by atoms with Crippen molar-refractivity contribution in [3.05, 3.63) is 69.8 Å². The molecular weight excluding hydrogens is 356 g/mol. The maximum atomic E-state index is 13.0. The number of carbonyl (C=O) groups excluding carboxylic acids is 1. The zero-order valence-electron chi connectivity index (χ0n) is 14.2. The first-order chi connectivity index (χ1) is 12.3. The zero-order chi connectivity index (χ0) is 18.9. The summed E-state index contributed by atoms with van der Waals surface area (Å²) in [6.07, 6.45) is 0.997. The maximum Gasteiger partial charge on any atom is 0.270 e. The average molecular weight is 374 g/mol. The lowest BCUT2D eigenvalue weighted by Crippen LogP contribution is -2.40. The summed E-state index contributed by atoms with van der Waals surface area (Å²) in [6.45, 7) is 2.12. The fourth-order valence-electron chi connectivity index (χ4n) is 3.09. The van der Waals surface area contributed by atoms with Crippen LogP contribution < -0.4 is 0 Å². The molecule has 26 heavy (non-hydrogen) atoms. The quantitative estimate of drug-likeness (QED) is 0.455. The number of non-ortho nitro benzene ring substituents is 1. The molecule has 0 aliphatic carbocycles. The van der Waals surface area contributed by atoms with Crippen LogP contribution in [0, 0.1) is 17.0 Å². The van der Waals surface area contributed by atoms with Gasteiger partial charge in [0.15, 0.2) is 5.78 Å². The third kappa shape index (κ3) is 3.38. The van der Waals surface area contributed by atoms with Crippen molar-refractivity contribution in [2.75, 3.05) is 6.54 Å². The van der Waals surface area contributed by atoms with Crippen LogP contribution in [0.15, 0.2) is 53.4 Å². The normalized spacial score (nSPS) is 18.0. The number of rotatable bonds is 5. The Morgan fingerprint density at radius 3 is 2.54 bits per heavy atom. The molecule has 0 bridgehead atoms. The van der Waals surface area contributed by atoms with Gasteiger partial charge in [0.1, 0.15) is 0 Å². The molecule has 1 heterocycles. The van der Waals surface area contributed by atoms with Crippen LogP contribution in [0.1, 0.15) is 28.8 Å². The number of sulfonamides is 1. The van der Waals surface area contributed by atoms with Crippen LogP contribution in [-0.2, 0) is 10.0 Å². The number of nitrogens with zero attached hydrogens (tertiary/aromatic N) is 2. The lowest BCUT2D eigenvalue weighted by atomic mass is 10.0. The molecule has 0 N–H and O–H groups in total. The van der Waals surface area contributed by atoms with E-state index in [4.69, 9.17) is 0 Å². The molecule has 0 unspecified atom stereocenters. The number of nitro benzene ring substituents is 1. The third-order valence-corrected chi connectivity index (χ3v) is 6.38. The van der Waals surface area contributed by atoms with Crippen LogP contribution >= 0.6 is 0 Å². The Morgan fingerprint density at radius 1 is 1.19 bits per heavy atom. The third-order valence-electron chi connectivity index (χ3n) is 4.48. The van der Waals surface area contributed by atoms with Crippen LogP contribution in [0.5, 0.6) is 0 Å². The highest BCUT2D eigenvalue weighted by molar-refractivity contribution is 7.89. The summed E-state index contributed by atoms with van der Waals surface area (Å²) in [7, 11) is -4.00. The summed E-state index contributed by atoms with van der Waals surface area (Å²) < 4.78 is 27.1. The first-order valence-corrected chi connectivity index (χ1v) is 9.62. The minimum absolute atomic E-state index is 0.171. The fraction of sp³-hybridized carbons (Fsp3) is 0.278. The van der Waals surface area contributed by atoms with Gasteiger partial charge < -0.3 is 0 Å². The van der Waals surface area contributed by atoms with E-state index in [9.17, 15) is 23.3 Å². The van der Waals surface area contributed by atoms with Crippen molar-refractivity contribution in [3.63, 3.8) is 0 Å². The Balaban J connectivity index is 1.94. The molecule has 2 aromatic carbocycles. The van der Waals surface area contributed by atoms with Crippen molar-refractivity contribution in [1.82, 2.24) is 4.31 Å². The number of carbonyl (C=O) groups is 1. The second-order valence-corrected chi connectivity index (χ2v) is 8.15. The van der Waals surface area contributed by atoms with Crippen LogP contribution in [0.2, 0.25) is 0 Å². The van der Waals surface area contributed by atoms with E-state index in [1.165, 1.54) is 18.2 Å². The smallest absolute Gasteiger partial charge is 0.270 e. The van der Waals surface area contributed by atoms with Crippen molar-refractivity contribution in [3.8, 4) is 0 Å². The Morgan fingerprint density at radius 2 is 1.88 bits per heavy atom. The topological polar surface area (TPSA) is 97.6 Å². The van der Waals surface area contributed by atoms with Crippen LogP contribution in [-0.4, -0.2) is 36.0 Å². The van der Waals surface area contributed by atoms with E-state index in [-0.39, 0.29) is 22.9 Å². The molecule has 1 fully saturated rings. The summed E-state index contributed by atoms with van der Waals surface area (Å²) in [5.41, 5.74) is 1.17. The van der Waals surface area contributed by atoms with Crippen LogP contribution in [0.25, 0.3) is 0 Å². The molecule has 2 aromatic rings. The molecule has 1 aliphatic heterocycles. The molecular formula is C18H18N2O5S. The molecule has 1 saturated heterocycles. The Kier molecular flexibility index (Phi) is 4.88. The van der Waals surface area contributed by atoms with Gasteiger partial charge in [0.05, 0.1) is 15.9 Å². The average Bonchev–Trinajstić information content (AvgIpc) is 3.12. The Hall–Kier alpha value is -2.58. The van der Waals surface area contributed by atoms with Crippen molar-refractivity contribution >= 4 is 21.5 Å². The summed E-state index contributed by atoms with van der Waals surface area (Å²) in [6, 6.07) is 11.1. The molecule has 7 nitrogen and oxygen atoms in total. The maximum absolute atomic E-state index is 13.0. The second-order valence-electron chi connectivity index (χ2n) is 6.26. The first kappa shape index (κ1) is 18.2. The van der Waals surface area contributed by atoms with Gasteiger partial charge in [-0.25, -0.2) is 8.42 Å². The lowest BCUT2D eigenvalue weighted by molar-refractivity contribution is -0.385. The Labute approximate surface area is 151 Å². The van der Waals surface area contributed by atoms with Gasteiger partial charge in [-0.15, -0.1) is 0 Å². The lowest BCUT2D eigenvalue weighted by Gasteiger charge is -2.23. The van der Waals surface area contributed by atoms with E-state index in [0.717, 1.165) is 15.9 Å². The van der Waals surface area contributed by atoms with Gasteiger partial charge in [0.2, 0.25) is 10.0 Å². The highest BCUT2D eigenvalue weighted by atomic mass is 32.2. The van der Waals surface area contributed by atoms with Crippen LogP contribution in [0.4, 0.5) is 5.69 Å². The van der Waals surface area contributed by atoms with Gasteiger partial charge in [-0.05, 0) is 25.8 Å². The summed E-state index contributed by atoms with van der Waals surface area (Å²) in [5, 5.41) is 10.9. The molecule has 0 amide bonds. The van der Waals surface area contributed by atoms with E-state index in [0.29, 0.717) is 18.4 Å². The largest absolute Gasteiger partial charge is 0.292 e. The highest BCUT2D eigenvalue weighted by Crippen LogP contribution is 2.29. The molecule has 1 aliphatic rings. The molecule has 0 saturated carbocycles. The van der Waals surface area contributed by atoms with Gasteiger partial charge in [-0.3, -0.25) is 14.9 Å². The van der Waals surface area contributed by atoms with E-state index in [1.807, 2.05) is 19.1 Å². The number of aryl methyl sites for hydroxylation is 1. The summed E-state index contributed by atoms with van der Waals surface area (Å²) in [4.78, 5) is 22.9. The predicted molar refractivity (Wildman–Crippen MR) is 95.5 cm³/mol. The second kappa shape index (κ2) is 6.97. The Bertz CT molecular complexity index is 954. The van der Waals surface area contributed by atoms with Gasteiger partial charge in [-0.2, -0.15) is 4.31 Å². The standard InChI is InChI=1S/C18H18N2O5S/c1-13-7-9-14(10-8-13)18(21)17-6-3-11-19(17)26(24,25)16-5-2-4-15(12-16)20(22)23/h2,4-5,7-10,12,17H,3,6,11H2,1H3/t17-/m1/s1. The number of hydrogen-bond acceptors (Lipinski definition) is 5. The SMILES string of the molecule is Cc1ccc(C(=O)[C@H]2CCCN2S(=O)(=O)c2cccc([N+](=O)[O-])c2)cc1. The van der Waals surface area contributed by atoms with Crippen LogP contribution in [0.3, 0.4) is 0 Å². The molecule has 8 heteroatoms. The highest BCUT2D eigenvalue weighted by Gasteiger charge is 2.40. The molecule has 0 radical (unpaired) electrons. The molecule has 136 valence electrons. The van der Waals surface area contributed by atoms with E-state index < -0.39 is 21.0 Å². The molecule has 1 atom stereocenters.